The molecular weight excluding hydrogens is 268 g/mol. The molecule has 2 heterocycles. The van der Waals surface area contributed by atoms with Crippen LogP contribution in [0.15, 0.2) is 28.2 Å². The highest BCUT2D eigenvalue weighted by Crippen LogP contribution is 2.28. The van der Waals surface area contributed by atoms with Crippen LogP contribution in [-0.2, 0) is 0 Å². The quantitative estimate of drug-likeness (QED) is 0.804. The molecule has 0 spiro atoms. The van der Waals surface area contributed by atoms with Crippen LogP contribution in [0, 0.1) is 4.64 Å². The molecule has 2 nitrogen and oxygen atoms in total. The summed E-state index contributed by atoms with van der Waals surface area (Å²) in [5.41, 5.74) is 0. The first-order valence-corrected chi connectivity index (χ1v) is 5.58. The molecule has 0 aromatic carbocycles. The Morgan fingerprint density at radius 3 is 2.85 bits per heavy atom. The Morgan fingerprint density at radius 2 is 2.23 bits per heavy atom. The first-order valence-electron chi connectivity index (χ1n) is 3.57. The van der Waals surface area contributed by atoms with Crippen LogP contribution in [0.2, 0.25) is 0 Å². The number of H-pyrrole nitrogens is 1. The van der Waals surface area contributed by atoms with Crippen molar-refractivity contribution in [3.05, 3.63) is 32.8 Å². The molecule has 0 aliphatic heterocycles. The van der Waals surface area contributed by atoms with Crippen LogP contribution in [0.1, 0.15) is 0 Å². The van der Waals surface area contributed by atoms with Gasteiger partial charge in [0, 0.05) is 6.20 Å². The van der Waals surface area contributed by atoms with Crippen molar-refractivity contribution in [2.75, 3.05) is 0 Å². The van der Waals surface area contributed by atoms with Gasteiger partial charge in [-0.3, -0.25) is 0 Å². The summed E-state index contributed by atoms with van der Waals surface area (Å²) in [4.78, 5) is 8.30. The zero-order chi connectivity index (χ0) is 9.26. The second kappa shape index (κ2) is 3.69. The molecule has 0 amide bonds. The standard InChI is InChI=1S/C8H5BrN2S2/c9-6-2-1-5(13-6)8-10-4-3-7(12)11-8/h1-4H,(H,10,11,12). The van der Waals surface area contributed by atoms with Gasteiger partial charge in [-0.1, -0.05) is 12.2 Å². The number of hydrogen-bond acceptors (Lipinski definition) is 3. The van der Waals surface area contributed by atoms with Gasteiger partial charge in [0.15, 0.2) is 0 Å². The normalized spacial score (nSPS) is 10.2. The summed E-state index contributed by atoms with van der Waals surface area (Å²) in [5.74, 6) is 0.822. The number of hydrogen-bond donors (Lipinski definition) is 1. The summed E-state index contributed by atoms with van der Waals surface area (Å²) < 4.78 is 1.79. The molecule has 0 unspecified atom stereocenters. The maximum Gasteiger partial charge on any atom is 0.148 e. The summed E-state index contributed by atoms with van der Waals surface area (Å²) in [5, 5.41) is 0. The minimum Gasteiger partial charge on any atom is -0.330 e. The molecule has 2 rings (SSSR count). The Morgan fingerprint density at radius 1 is 1.38 bits per heavy atom. The highest BCUT2D eigenvalue weighted by Gasteiger charge is 2.01. The van der Waals surface area contributed by atoms with Gasteiger partial charge in [0.1, 0.15) is 10.5 Å². The van der Waals surface area contributed by atoms with E-state index in [2.05, 4.69) is 25.9 Å². The third kappa shape index (κ3) is 2.04. The molecule has 0 fully saturated rings. The van der Waals surface area contributed by atoms with Crippen LogP contribution < -0.4 is 0 Å². The predicted molar refractivity (Wildman–Crippen MR) is 60.4 cm³/mol. The van der Waals surface area contributed by atoms with Crippen molar-refractivity contribution in [1.82, 2.24) is 9.97 Å². The SMILES string of the molecule is S=c1ccnc(-c2ccc(Br)s2)[nH]1. The van der Waals surface area contributed by atoms with E-state index in [0.29, 0.717) is 4.64 Å². The molecule has 2 aromatic rings. The van der Waals surface area contributed by atoms with Crippen LogP contribution in [0.3, 0.4) is 0 Å². The third-order valence-electron chi connectivity index (χ3n) is 1.48. The molecule has 5 heteroatoms. The lowest BCUT2D eigenvalue weighted by Gasteiger charge is -1.94. The van der Waals surface area contributed by atoms with E-state index in [1.54, 1.807) is 23.6 Å². The fourth-order valence-corrected chi connectivity index (χ4v) is 2.43. The summed E-state index contributed by atoms with van der Waals surface area (Å²) in [6.07, 6.45) is 1.71. The average molecular weight is 273 g/mol. The van der Waals surface area contributed by atoms with Crippen molar-refractivity contribution in [2.45, 2.75) is 0 Å². The fraction of sp³-hybridized carbons (Fsp3) is 0. The number of nitrogens with one attached hydrogen (secondary N) is 1. The molecule has 0 aliphatic carbocycles. The van der Waals surface area contributed by atoms with E-state index in [-0.39, 0.29) is 0 Å². The number of nitrogens with zero attached hydrogens (tertiary/aromatic N) is 1. The molecule has 0 bridgehead atoms. The van der Waals surface area contributed by atoms with Crippen LogP contribution in [0.25, 0.3) is 10.7 Å². The molecule has 0 saturated carbocycles. The number of aromatic nitrogens is 2. The van der Waals surface area contributed by atoms with E-state index >= 15 is 0 Å². The molecule has 0 aliphatic rings. The Balaban J connectivity index is 2.52. The van der Waals surface area contributed by atoms with E-state index in [1.165, 1.54) is 0 Å². The van der Waals surface area contributed by atoms with E-state index in [1.807, 2.05) is 12.1 Å². The van der Waals surface area contributed by atoms with Crippen LogP contribution in [0.4, 0.5) is 0 Å². The minimum absolute atomic E-state index is 0.703. The molecule has 66 valence electrons. The van der Waals surface area contributed by atoms with Gasteiger partial charge in [-0.2, -0.15) is 0 Å². The molecule has 2 aromatic heterocycles. The first-order chi connectivity index (χ1) is 6.25. The number of rotatable bonds is 1. The van der Waals surface area contributed by atoms with Crippen molar-refractivity contribution < 1.29 is 0 Å². The number of thiophene rings is 1. The van der Waals surface area contributed by atoms with E-state index in [9.17, 15) is 0 Å². The van der Waals surface area contributed by atoms with Gasteiger partial charge in [-0.15, -0.1) is 11.3 Å². The van der Waals surface area contributed by atoms with E-state index in [0.717, 1.165) is 14.5 Å². The summed E-state index contributed by atoms with van der Waals surface area (Å²) in [6.45, 7) is 0. The van der Waals surface area contributed by atoms with Crippen molar-refractivity contribution >= 4 is 39.5 Å². The van der Waals surface area contributed by atoms with Gasteiger partial charge in [0.2, 0.25) is 0 Å². The molecule has 13 heavy (non-hydrogen) atoms. The Labute approximate surface area is 92.8 Å². The van der Waals surface area contributed by atoms with Crippen molar-refractivity contribution in [3.63, 3.8) is 0 Å². The molecule has 1 N–H and O–H groups in total. The van der Waals surface area contributed by atoms with Crippen LogP contribution in [0.5, 0.6) is 0 Å². The number of aromatic amines is 1. The monoisotopic (exact) mass is 272 g/mol. The Kier molecular flexibility index (Phi) is 2.57. The lowest BCUT2D eigenvalue weighted by Crippen LogP contribution is -1.84. The molecular formula is C8H5BrN2S2. The molecule has 0 saturated heterocycles. The van der Waals surface area contributed by atoms with Crippen LogP contribution in [-0.4, -0.2) is 9.97 Å². The molecule has 0 radical (unpaired) electrons. The van der Waals surface area contributed by atoms with Gasteiger partial charge in [0.05, 0.1) is 8.66 Å². The largest absolute Gasteiger partial charge is 0.330 e. The maximum absolute atomic E-state index is 5.00. The average Bonchev–Trinajstić information content (AvgIpc) is 2.52. The second-order valence-corrected chi connectivity index (χ2v) is 5.29. The summed E-state index contributed by atoms with van der Waals surface area (Å²) in [6, 6.07) is 5.76. The number of halogens is 1. The van der Waals surface area contributed by atoms with E-state index in [4.69, 9.17) is 12.2 Å². The van der Waals surface area contributed by atoms with E-state index < -0.39 is 0 Å². The maximum atomic E-state index is 5.00. The van der Waals surface area contributed by atoms with Crippen molar-refractivity contribution in [1.29, 1.82) is 0 Å². The van der Waals surface area contributed by atoms with Gasteiger partial charge >= 0.3 is 0 Å². The highest BCUT2D eigenvalue weighted by molar-refractivity contribution is 9.11. The van der Waals surface area contributed by atoms with Crippen molar-refractivity contribution in [3.8, 4) is 10.7 Å². The lowest BCUT2D eigenvalue weighted by molar-refractivity contribution is 1.17. The van der Waals surface area contributed by atoms with Gasteiger partial charge < -0.3 is 4.98 Å². The summed E-state index contributed by atoms with van der Waals surface area (Å²) in [7, 11) is 0. The van der Waals surface area contributed by atoms with Crippen LogP contribution >= 0.6 is 39.5 Å². The third-order valence-corrected chi connectivity index (χ3v) is 3.35. The summed E-state index contributed by atoms with van der Waals surface area (Å²) >= 11 is 10.0. The first kappa shape index (κ1) is 9.05. The predicted octanol–water partition coefficient (Wildman–Crippen LogP) is 3.63. The molecule has 0 atom stereocenters. The zero-order valence-electron chi connectivity index (χ0n) is 6.45. The smallest absolute Gasteiger partial charge is 0.148 e. The van der Waals surface area contributed by atoms with Gasteiger partial charge in [-0.05, 0) is 34.1 Å². The van der Waals surface area contributed by atoms with Crippen molar-refractivity contribution in [2.24, 2.45) is 0 Å². The highest BCUT2D eigenvalue weighted by atomic mass is 79.9. The lowest BCUT2D eigenvalue weighted by atomic mass is 10.4. The Hall–Kier alpha value is -0.520. The fourth-order valence-electron chi connectivity index (χ4n) is 0.937. The minimum atomic E-state index is 0.703. The van der Waals surface area contributed by atoms with Gasteiger partial charge in [-0.25, -0.2) is 4.98 Å². The second-order valence-electron chi connectivity index (χ2n) is 2.39. The Bertz CT molecular complexity index is 475. The zero-order valence-corrected chi connectivity index (χ0v) is 9.67. The van der Waals surface area contributed by atoms with Gasteiger partial charge in [0.25, 0.3) is 0 Å². The topological polar surface area (TPSA) is 28.7 Å².